The topological polar surface area (TPSA) is 26.0 Å². The molecule has 1 saturated carbocycles. The van der Waals surface area contributed by atoms with Crippen molar-refractivity contribution in [2.75, 3.05) is 0 Å². The van der Waals surface area contributed by atoms with Gasteiger partial charge in [-0.2, -0.15) is 0 Å². The van der Waals surface area contributed by atoms with Crippen molar-refractivity contribution in [3.05, 3.63) is 35.9 Å². The van der Waals surface area contributed by atoms with Crippen LogP contribution < -0.4 is 5.73 Å². The van der Waals surface area contributed by atoms with E-state index in [0.717, 1.165) is 11.8 Å². The van der Waals surface area contributed by atoms with Crippen molar-refractivity contribution in [2.45, 2.75) is 51.0 Å². The zero-order chi connectivity index (χ0) is 11.4. The van der Waals surface area contributed by atoms with E-state index in [-0.39, 0.29) is 0 Å². The fraction of sp³-hybridized carbons (Fsp3) is 0.600. The molecule has 0 saturated heterocycles. The van der Waals surface area contributed by atoms with Crippen molar-refractivity contribution < 1.29 is 0 Å². The number of nitrogens with two attached hydrogens (primary N) is 1. The van der Waals surface area contributed by atoms with Gasteiger partial charge in [0.05, 0.1) is 0 Å². The fourth-order valence-electron chi connectivity index (χ4n) is 2.98. The molecule has 0 radical (unpaired) electrons. The predicted octanol–water partition coefficient (Wildman–Crippen LogP) is 3.70. The molecule has 1 aliphatic carbocycles. The molecule has 1 aromatic carbocycles. The molecular weight excluding hydrogens is 194 g/mol. The van der Waals surface area contributed by atoms with Crippen molar-refractivity contribution in [3.63, 3.8) is 0 Å². The highest BCUT2D eigenvalue weighted by atomic mass is 14.6. The van der Waals surface area contributed by atoms with E-state index >= 15 is 0 Å². The molecule has 16 heavy (non-hydrogen) atoms. The summed E-state index contributed by atoms with van der Waals surface area (Å²) in [6.45, 7) is 2.13. The van der Waals surface area contributed by atoms with Crippen LogP contribution in [-0.4, -0.2) is 6.04 Å². The molecule has 1 aromatic rings. The first-order valence-corrected chi connectivity index (χ1v) is 6.56. The van der Waals surface area contributed by atoms with Crippen LogP contribution in [0.2, 0.25) is 0 Å². The lowest BCUT2D eigenvalue weighted by molar-refractivity contribution is 0.297. The molecule has 1 unspecified atom stereocenters. The molecule has 0 aromatic heterocycles. The maximum Gasteiger partial charge on any atom is 0.00131 e. The third kappa shape index (κ3) is 3.08. The van der Waals surface area contributed by atoms with Crippen LogP contribution in [0.25, 0.3) is 0 Å². The lowest BCUT2D eigenvalue weighted by Crippen LogP contribution is -2.22. The van der Waals surface area contributed by atoms with Crippen LogP contribution in [0.3, 0.4) is 0 Å². The molecule has 1 heteroatoms. The fourth-order valence-corrected chi connectivity index (χ4v) is 2.98. The van der Waals surface area contributed by atoms with E-state index in [1.807, 2.05) is 0 Å². The maximum absolute atomic E-state index is 5.87. The van der Waals surface area contributed by atoms with Crippen LogP contribution in [0, 0.1) is 5.92 Å². The Bertz CT molecular complexity index is 296. The van der Waals surface area contributed by atoms with Crippen LogP contribution in [0.1, 0.15) is 50.5 Å². The van der Waals surface area contributed by atoms with Gasteiger partial charge in [0, 0.05) is 6.04 Å². The molecule has 2 N–H and O–H groups in total. The SMILES string of the molecule is CC(N)CC1CCC(c2ccccc2)CC1. The van der Waals surface area contributed by atoms with Gasteiger partial charge < -0.3 is 5.73 Å². The molecule has 0 spiro atoms. The second-order valence-corrected chi connectivity index (χ2v) is 5.34. The summed E-state index contributed by atoms with van der Waals surface area (Å²) in [5, 5.41) is 0. The second-order valence-electron chi connectivity index (χ2n) is 5.34. The highest BCUT2D eigenvalue weighted by Crippen LogP contribution is 2.37. The minimum atomic E-state index is 0.373. The first-order valence-electron chi connectivity index (χ1n) is 6.56. The summed E-state index contributed by atoms with van der Waals surface area (Å²) < 4.78 is 0. The molecule has 1 aliphatic rings. The molecule has 0 amide bonds. The van der Waals surface area contributed by atoms with Gasteiger partial charge in [-0.1, -0.05) is 30.3 Å². The van der Waals surface area contributed by atoms with Crippen LogP contribution in [0.15, 0.2) is 30.3 Å². The van der Waals surface area contributed by atoms with Crippen LogP contribution >= 0.6 is 0 Å². The zero-order valence-corrected chi connectivity index (χ0v) is 10.2. The van der Waals surface area contributed by atoms with Gasteiger partial charge in [-0.05, 0) is 56.4 Å². The summed E-state index contributed by atoms with van der Waals surface area (Å²) in [5.41, 5.74) is 7.40. The van der Waals surface area contributed by atoms with Crippen molar-refractivity contribution >= 4 is 0 Å². The summed E-state index contributed by atoms with van der Waals surface area (Å²) in [7, 11) is 0. The monoisotopic (exact) mass is 217 g/mol. The van der Waals surface area contributed by atoms with Gasteiger partial charge in [-0.15, -0.1) is 0 Å². The van der Waals surface area contributed by atoms with E-state index in [1.165, 1.54) is 37.7 Å². The molecule has 1 nitrogen and oxygen atoms in total. The third-order valence-corrected chi connectivity index (χ3v) is 3.82. The number of hydrogen-bond donors (Lipinski definition) is 1. The second kappa shape index (κ2) is 5.49. The summed E-state index contributed by atoms with van der Waals surface area (Å²) in [5.74, 6) is 1.67. The molecule has 1 atom stereocenters. The lowest BCUT2D eigenvalue weighted by atomic mass is 9.77. The number of rotatable bonds is 3. The summed E-state index contributed by atoms with van der Waals surface area (Å²) >= 11 is 0. The molecule has 1 fully saturated rings. The van der Waals surface area contributed by atoms with Crippen molar-refractivity contribution in [1.29, 1.82) is 0 Å². The van der Waals surface area contributed by atoms with E-state index < -0.39 is 0 Å². The highest BCUT2D eigenvalue weighted by molar-refractivity contribution is 5.19. The molecular formula is C15H23N. The minimum Gasteiger partial charge on any atom is -0.328 e. The lowest BCUT2D eigenvalue weighted by Gasteiger charge is -2.29. The average Bonchev–Trinajstić information content (AvgIpc) is 2.30. The largest absolute Gasteiger partial charge is 0.328 e. The predicted molar refractivity (Wildman–Crippen MR) is 69.4 cm³/mol. The smallest absolute Gasteiger partial charge is 0.00131 e. The molecule has 0 aliphatic heterocycles. The van der Waals surface area contributed by atoms with Gasteiger partial charge in [-0.3, -0.25) is 0 Å². The Hall–Kier alpha value is -0.820. The van der Waals surface area contributed by atoms with E-state index in [4.69, 9.17) is 5.73 Å². The van der Waals surface area contributed by atoms with E-state index in [1.54, 1.807) is 0 Å². The van der Waals surface area contributed by atoms with Gasteiger partial charge in [0.25, 0.3) is 0 Å². The van der Waals surface area contributed by atoms with Gasteiger partial charge >= 0.3 is 0 Å². The van der Waals surface area contributed by atoms with Crippen LogP contribution in [0.4, 0.5) is 0 Å². The normalized spacial score (nSPS) is 27.6. The standard InChI is InChI=1S/C15H23N/c1-12(16)11-13-7-9-15(10-8-13)14-5-3-2-4-6-14/h2-6,12-13,15H,7-11,16H2,1H3. The number of hydrogen-bond acceptors (Lipinski definition) is 1. The Morgan fingerprint density at radius 1 is 1.12 bits per heavy atom. The Balaban J connectivity index is 1.86. The third-order valence-electron chi connectivity index (χ3n) is 3.82. The van der Waals surface area contributed by atoms with E-state index in [9.17, 15) is 0 Å². The van der Waals surface area contributed by atoms with E-state index in [2.05, 4.69) is 37.3 Å². The molecule has 0 heterocycles. The van der Waals surface area contributed by atoms with Gasteiger partial charge in [0.2, 0.25) is 0 Å². The summed E-state index contributed by atoms with van der Waals surface area (Å²) in [6.07, 6.45) is 6.63. The minimum absolute atomic E-state index is 0.373. The Labute approximate surface area is 99.0 Å². The highest BCUT2D eigenvalue weighted by Gasteiger charge is 2.22. The summed E-state index contributed by atoms with van der Waals surface area (Å²) in [6, 6.07) is 11.3. The van der Waals surface area contributed by atoms with E-state index in [0.29, 0.717) is 6.04 Å². The zero-order valence-electron chi connectivity index (χ0n) is 10.2. The van der Waals surface area contributed by atoms with Crippen molar-refractivity contribution in [3.8, 4) is 0 Å². The van der Waals surface area contributed by atoms with Gasteiger partial charge in [0.15, 0.2) is 0 Å². The first kappa shape index (κ1) is 11.7. The van der Waals surface area contributed by atoms with Gasteiger partial charge in [0.1, 0.15) is 0 Å². The Morgan fingerprint density at radius 3 is 2.31 bits per heavy atom. The van der Waals surface area contributed by atoms with Crippen LogP contribution in [-0.2, 0) is 0 Å². The molecule has 2 rings (SSSR count). The quantitative estimate of drug-likeness (QED) is 0.821. The maximum atomic E-state index is 5.87. The van der Waals surface area contributed by atoms with Crippen molar-refractivity contribution in [2.24, 2.45) is 11.7 Å². The molecule has 0 bridgehead atoms. The Kier molecular flexibility index (Phi) is 4.00. The van der Waals surface area contributed by atoms with Gasteiger partial charge in [-0.25, -0.2) is 0 Å². The van der Waals surface area contributed by atoms with Crippen LogP contribution in [0.5, 0.6) is 0 Å². The summed E-state index contributed by atoms with van der Waals surface area (Å²) in [4.78, 5) is 0. The average molecular weight is 217 g/mol. The van der Waals surface area contributed by atoms with Crippen molar-refractivity contribution in [1.82, 2.24) is 0 Å². The molecule has 88 valence electrons. The first-order chi connectivity index (χ1) is 7.75. The number of benzene rings is 1. The Morgan fingerprint density at radius 2 is 1.75 bits per heavy atom.